The normalized spacial score (nSPS) is 10.3. The summed E-state index contributed by atoms with van der Waals surface area (Å²) in [5.41, 5.74) is 2.48. The maximum absolute atomic E-state index is 12.7. The van der Waals surface area contributed by atoms with Crippen molar-refractivity contribution >= 4 is 17.6 Å². The van der Waals surface area contributed by atoms with Crippen LogP contribution in [0.5, 0.6) is 0 Å². The molecule has 8 heteroatoms. The van der Waals surface area contributed by atoms with Gasteiger partial charge in [-0.15, -0.1) is 0 Å². The predicted molar refractivity (Wildman–Crippen MR) is 115 cm³/mol. The van der Waals surface area contributed by atoms with Gasteiger partial charge in [-0.3, -0.25) is 0 Å². The first kappa shape index (κ1) is 21.6. The average molecular weight is 418 g/mol. The van der Waals surface area contributed by atoms with Crippen molar-refractivity contribution in [1.82, 2.24) is 9.78 Å². The number of hydrogen-bond donors (Lipinski definition) is 0. The van der Waals surface area contributed by atoms with Gasteiger partial charge >= 0.3 is 11.9 Å². The first-order chi connectivity index (χ1) is 15.0. The van der Waals surface area contributed by atoms with Gasteiger partial charge in [0.25, 0.3) is 0 Å². The monoisotopic (exact) mass is 418 g/mol. The van der Waals surface area contributed by atoms with Crippen LogP contribution in [0.2, 0.25) is 0 Å². The number of hydrogen-bond acceptors (Lipinski definition) is 7. The molecule has 0 bridgehead atoms. The predicted octanol–water partition coefficient (Wildman–Crippen LogP) is 3.46. The SMILES string of the molecule is COC(=O)c1c(-c2ccc(N(C)CCC#N)cc2)nn(-c2ccccc2)c1C(=O)OC. The van der Waals surface area contributed by atoms with Crippen molar-refractivity contribution in [1.29, 1.82) is 5.26 Å². The van der Waals surface area contributed by atoms with E-state index in [0.717, 1.165) is 5.69 Å². The summed E-state index contributed by atoms with van der Waals surface area (Å²) in [7, 11) is 4.39. The van der Waals surface area contributed by atoms with Crippen LogP contribution in [-0.2, 0) is 9.47 Å². The fourth-order valence-electron chi connectivity index (χ4n) is 3.18. The molecule has 3 aromatic rings. The van der Waals surface area contributed by atoms with Crippen LogP contribution < -0.4 is 4.90 Å². The van der Waals surface area contributed by atoms with E-state index >= 15 is 0 Å². The molecule has 0 aliphatic rings. The molecule has 0 amide bonds. The number of benzene rings is 2. The molecule has 0 atom stereocenters. The molecule has 0 aliphatic carbocycles. The Morgan fingerprint density at radius 3 is 2.26 bits per heavy atom. The van der Waals surface area contributed by atoms with Gasteiger partial charge in [-0.2, -0.15) is 10.4 Å². The number of ether oxygens (including phenoxy) is 2. The van der Waals surface area contributed by atoms with Gasteiger partial charge in [0.15, 0.2) is 5.69 Å². The van der Waals surface area contributed by atoms with Crippen molar-refractivity contribution in [3.63, 3.8) is 0 Å². The summed E-state index contributed by atoms with van der Waals surface area (Å²) in [5, 5.41) is 13.4. The number of methoxy groups -OCH3 is 2. The largest absolute Gasteiger partial charge is 0.465 e. The lowest BCUT2D eigenvalue weighted by molar-refractivity contribution is 0.0549. The minimum absolute atomic E-state index is 0.00855. The van der Waals surface area contributed by atoms with E-state index in [-0.39, 0.29) is 11.3 Å². The van der Waals surface area contributed by atoms with Gasteiger partial charge < -0.3 is 14.4 Å². The number of nitriles is 1. The highest BCUT2D eigenvalue weighted by Crippen LogP contribution is 2.30. The summed E-state index contributed by atoms with van der Waals surface area (Å²) >= 11 is 0. The van der Waals surface area contributed by atoms with E-state index in [0.29, 0.717) is 29.9 Å². The standard InChI is InChI=1S/C23H22N4O4/c1-26(15-7-14-24)17-12-10-16(11-13-17)20-19(22(28)30-2)21(23(29)31-3)27(25-20)18-8-5-4-6-9-18/h4-6,8-13H,7,15H2,1-3H3. The zero-order chi connectivity index (χ0) is 22.4. The number of carbonyl (C=O) groups is 2. The van der Waals surface area contributed by atoms with Crippen LogP contribution in [-0.4, -0.2) is 49.5 Å². The molecule has 2 aromatic carbocycles. The van der Waals surface area contributed by atoms with Gasteiger partial charge in [-0.25, -0.2) is 14.3 Å². The molecule has 0 saturated carbocycles. The summed E-state index contributed by atoms with van der Waals surface area (Å²) in [4.78, 5) is 27.2. The molecule has 0 saturated heterocycles. The Morgan fingerprint density at radius 2 is 1.68 bits per heavy atom. The van der Waals surface area contributed by atoms with Gasteiger partial charge in [-0.1, -0.05) is 30.3 Å². The quantitative estimate of drug-likeness (QED) is 0.542. The second-order valence-electron chi connectivity index (χ2n) is 6.68. The van der Waals surface area contributed by atoms with Crippen LogP contribution in [0.3, 0.4) is 0 Å². The molecular formula is C23H22N4O4. The van der Waals surface area contributed by atoms with Gasteiger partial charge in [0.05, 0.1) is 32.4 Å². The number of esters is 2. The summed E-state index contributed by atoms with van der Waals surface area (Å²) in [6.45, 7) is 0.596. The van der Waals surface area contributed by atoms with E-state index in [4.69, 9.17) is 14.7 Å². The number of nitrogens with zero attached hydrogens (tertiary/aromatic N) is 4. The smallest absolute Gasteiger partial charge is 0.357 e. The van der Waals surface area contributed by atoms with E-state index in [9.17, 15) is 9.59 Å². The Labute approximate surface area is 180 Å². The Kier molecular flexibility index (Phi) is 6.67. The number of anilines is 1. The third-order valence-corrected chi connectivity index (χ3v) is 4.79. The van der Waals surface area contributed by atoms with Crippen molar-refractivity contribution < 1.29 is 19.1 Å². The average Bonchev–Trinajstić information content (AvgIpc) is 3.22. The van der Waals surface area contributed by atoms with Gasteiger partial charge in [0, 0.05) is 24.8 Å². The van der Waals surface area contributed by atoms with Crippen molar-refractivity contribution in [3.05, 3.63) is 65.9 Å². The third-order valence-electron chi connectivity index (χ3n) is 4.79. The summed E-state index contributed by atoms with van der Waals surface area (Å²) < 4.78 is 11.3. The van der Waals surface area contributed by atoms with Crippen LogP contribution in [0, 0.1) is 11.3 Å². The minimum Gasteiger partial charge on any atom is -0.465 e. The second kappa shape index (κ2) is 9.59. The molecular weight excluding hydrogens is 396 g/mol. The highest BCUT2D eigenvalue weighted by Gasteiger charge is 2.31. The lowest BCUT2D eigenvalue weighted by Gasteiger charge is -2.17. The minimum atomic E-state index is -0.698. The van der Waals surface area contributed by atoms with Crippen LogP contribution in [0.15, 0.2) is 54.6 Å². The first-order valence-corrected chi connectivity index (χ1v) is 9.55. The summed E-state index contributed by atoms with van der Waals surface area (Å²) in [6.07, 6.45) is 0.411. The van der Waals surface area contributed by atoms with Gasteiger partial charge in [0.1, 0.15) is 11.3 Å². The van der Waals surface area contributed by atoms with Crippen molar-refractivity contribution in [2.24, 2.45) is 0 Å². The van der Waals surface area contributed by atoms with Crippen LogP contribution in [0.1, 0.15) is 27.3 Å². The van der Waals surface area contributed by atoms with E-state index in [1.54, 1.807) is 24.3 Å². The highest BCUT2D eigenvalue weighted by atomic mass is 16.5. The van der Waals surface area contributed by atoms with Crippen LogP contribution in [0.4, 0.5) is 5.69 Å². The molecule has 0 fully saturated rings. The first-order valence-electron chi connectivity index (χ1n) is 9.55. The molecule has 8 nitrogen and oxygen atoms in total. The lowest BCUT2D eigenvalue weighted by atomic mass is 10.0. The molecule has 3 rings (SSSR count). The topological polar surface area (TPSA) is 97.5 Å². The summed E-state index contributed by atoms with van der Waals surface area (Å²) in [6, 6.07) is 18.5. The fourth-order valence-corrected chi connectivity index (χ4v) is 3.18. The molecule has 0 N–H and O–H groups in total. The van der Waals surface area contributed by atoms with E-state index in [1.807, 2.05) is 42.3 Å². The number of carbonyl (C=O) groups excluding carboxylic acids is 2. The number of rotatable bonds is 7. The fraction of sp³-hybridized carbons (Fsp3) is 0.217. The van der Waals surface area contributed by atoms with Crippen molar-refractivity contribution in [3.8, 4) is 23.0 Å². The Morgan fingerprint density at radius 1 is 1.03 bits per heavy atom. The third kappa shape index (κ3) is 4.41. The maximum Gasteiger partial charge on any atom is 0.357 e. The molecule has 0 spiro atoms. The molecule has 158 valence electrons. The number of aromatic nitrogens is 2. The summed E-state index contributed by atoms with van der Waals surface area (Å²) in [5.74, 6) is -1.39. The number of para-hydroxylation sites is 1. The molecule has 0 radical (unpaired) electrons. The zero-order valence-electron chi connectivity index (χ0n) is 17.5. The van der Waals surface area contributed by atoms with Crippen molar-refractivity contribution in [2.75, 3.05) is 32.7 Å². The Balaban J connectivity index is 2.16. The van der Waals surface area contributed by atoms with E-state index in [1.165, 1.54) is 18.9 Å². The van der Waals surface area contributed by atoms with Crippen LogP contribution >= 0.6 is 0 Å². The Bertz CT molecular complexity index is 1110. The van der Waals surface area contributed by atoms with Gasteiger partial charge in [0.2, 0.25) is 0 Å². The maximum atomic E-state index is 12.7. The van der Waals surface area contributed by atoms with Crippen molar-refractivity contribution in [2.45, 2.75) is 6.42 Å². The van der Waals surface area contributed by atoms with Gasteiger partial charge in [-0.05, 0) is 24.3 Å². The molecule has 0 unspecified atom stereocenters. The zero-order valence-corrected chi connectivity index (χ0v) is 17.5. The second-order valence-corrected chi connectivity index (χ2v) is 6.68. The molecule has 1 heterocycles. The molecule has 0 aliphatic heterocycles. The Hall–Kier alpha value is -4.12. The van der Waals surface area contributed by atoms with E-state index in [2.05, 4.69) is 11.2 Å². The van der Waals surface area contributed by atoms with E-state index < -0.39 is 11.9 Å². The molecule has 1 aromatic heterocycles. The molecule has 31 heavy (non-hydrogen) atoms. The lowest BCUT2D eigenvalue weighted by Crippen LogP contribution is -2.17. The van der Waals surface area contributed by atoms with Crippen LogP contribution in [0.25, 0.3) is 16.9 Å². The highest BCUT2D eigenvalue weighted by molar-refractivity contribution is 6.06.